The standard InChI is InChI=1S/C25H22ClN5O2/c1-2-3-7-20(32)11-19-12-21-23(14-28-19)29-16-30-25(21)31-17-8-9-24(22(26)13-17)33-15-18-6-4-5-10-27-18/h3-10,12-14,16H,2,11,15H2,1H3,(H,29,30,31)/b7-3+. The molecule has 4 aromatic rings. The number of pyridine rings is 2. The van der Waals surface area contributed by atoms with E-state index in [0.29, 0.717) is 34.4 Å². The summed E-state index contributed by atoms with van der Waals surface area (Å²) in [6.07, 6.45) is 9.29. The van der Waals surface area contributed by atoms with Crippen molar-refractivity contribution in [2.45, 2.75) is 26.4 Å². The summed E-state index contributed by atoms with van der Waals surface area (Å²) in [4.78, 5) is 29.3. The summed E-state index contributed by atoms with van der Waals surface area (Å²) in [6, 6.07) is 12.9. The predicted molar refractivity (Wildman–Crippen MR) is 129 cm³/mol. The van der Waals surface area contributed by atoms with Crippen molar-refractivity contribution in [1.29, 1.82) is 0 Å². The minimum Gasteiger partial charge on any atom is -0.486 e. The van der Waals surface area contributed by atoms with Crippen LogP contribution in [-0.4, -0.2) is 25.7 Å². The van der Waals surface area contributed by atoms with Gasteiger partial charge in [0.2, 0.25) is 0 Å². The van der Waals surface area contributed by atoms with Crippen molar-refractivity contribution in [3.8, 4) is 5.75 Å². The van der Waals surface area contributed by atoms with Crippen molar-refractivity contribution < 1.29 is 9.53 Å². The minimum absolute atomic E-state index is 0.00290. The Bertz CT molecular complexity index is 1290. The van der Waals surface area contributed by atoms with Gasteiger partial charge in [0.1, 0.15) is 24.5 Å². The lowest BCUT2D eigenvalue weighted by molar-refractivity contribution is -0.114. The lowest BCUT2D eigenvalue weighted by Gasteiger charge is -2.12. The normalized spacial score (nSPS) is 11.1. The van der Waals surface area contributed by atoms with Gasteiger partial charge in [0.05, 0.1) is 28.9 Å². The average Bonchev–Trinajstić information content (AvgIpc) is 2.83. The quantitative estimate of drug-likeness (QED) is 0.332. The smallest absolute Gasteiger partial charge is 0.161 e. The number of nitrogens with one attached hydrogen (secondary N) is 1. The molecular weight excluding hydrogens is 438 g/mol. The molecule has 0 saturated carbocycles. The molecule has 0 atom stereocenters. The molecule has 0 aliphatic carbocycles. The van der Waals surface area contributed by atoms with Crippen molar-refractivity contribution >= 4 is 39.8 Å². The molecule has 3 heterocycles. The Morgan fingerprint density at radius 1 is 1.09 bits per heavy atom. The number of carbonyl (C=O) groups excluding carboxylic acids is 1. The van der Waals surface area contributed by atoms with Crippen molar-refractivity contribution in [2.24, 2.45) is 0 Å². The molecule has 8 heteroatoms. The second-order valence-corrected chi connectivity index (χ2v) is 7.66. The first-order valence-corrected chi connectivity index (χ1v) is 10.9. The second-order valence-electron chi connectivity index (χ2n) is 7.25. The first-order valence-electron chi connectivity index (χ1n) is 10.5. The minimum atomic E-state index is 0.00290. The maximum Gasteiger partial charge on any atom is 0.161 e. The van der Waals surface area contributed by atoms with Crippen LogP contribution in [0.5, 0.6) is 5.75 Å². The summed E-state index contributed by atoms with van der Waals surface area (Å²) < 4.78 is 5.79. The van der Waals surface area contributed by atoms with Crippen molar-refractivity contribution in [2.75, 3.05) is 5.32 Å². The van der Waals surface area contributed by atoms with E-state index in [-0.39, 0.29) is 12.2 Å². The number of carbonyl (C=O) groups is 1. The fraction of sp³-hybridized carbons (Fsp3) is 0.160. The second kappa shape index (κ2) is 10.7. The van der Waals surface area contributed by atoms with Crippen molar-refractivity contribution in [3.63, 3.8) is 0 Å². The van der Waals surface area contributed by atoms with Crippen molar-refractivity contribution in [1.82, 2.24) is 19.9 Å². The van der Waals surface area contributed by atoms with Crippen LogP contribution in [0, 0.1) is 0 Å². The molecule has 166 valence electrons. The fourth-order valence-electron chi connectivity index (χ4n) is 3.15. The van der Waals surface area contributed by atoms with Crippen LogP contribution in [0.4, 0.5) is 11.5 Å². The number of halogens is 1. The Kier molecular flexibility index (Phi) is 7.22. The summed E-state index contributed by atoms with van der Waals surface area (Å²) in [6.45, 7) is 2.31. The Morgan fingerprint density at radius 2 is 2.00 bits per heavy atom. The molecule has 4 rings (SSSR count). The van der Waals surface area contributed by atoms with Crippen LogP contribution >= 0.6 is 11.6 Å². The Balaban J connectivity index is 1.51. The summed E-state index contributed by atoms with van der Waals surface area (Å²) in [7, 11) is 0. The van der Waals surface area contributed by atoms with Crippen LogP contribution < -0.4 is 10.1 Å². The van der Waals surface area contributed by atoms with Crippen LogP contribution in [-0.2, 0) is 17.8 Å². The van der Waals surface area contributed by atoms with Crippen LogP contribution in [0.15, 0.2) is 73.3 Å². The molecule has 33 heavy (non-hydrogen) atoms. The molecule has 0 bridgehead atoms. The van der Waals surface area contributed by atoms with E-state index in [9.17, 15) is 4.79 Å². The maximum atomic E-state index is 12.1. The molecule has 7 nitrogen and oxygen atoms in total. The van der Waals surface area contributed by atoms with Gasteiger partial charge >= 0.3 is 0 Å². The highest BCUT2D eigenvalue weighted by Crippen LogP contribution is 2.31. The SMILES string of the molecule is CC/C=C/C(=O)Cc1cc2c(Nc3ccc(OCc4ccccn4)c(Cl)c3)ncnc2cn1. The Morgan fingerprint density at radius 3 is 2.79 bits per heavy atom. The van der Waals surface area contributed by atoms with Gasteiger partial charge in [-0.2, -0.15) is 0 Å². The highest BCUT2D eigenvalue weighted by atomic mass is 35.5. The van der Waals surface area contributed by atoms with Gasteiger partial charge < -0.3 is 10.1 Å². The van der Waals surface area contributed by atoms with E-state index in [1.54, 1.807) is 30.6 Å². The summed E-state index contributed by atoms with van der Waals surface area (Å²) in [5, 5.41) is 4.50. The highest BCUT2D eigenvalue weighted by molar-refractivity contribution is 6.32. The van der Waals surface area contributed by atoms with E-state index in [0.717, 1.165) is 23.2 Å². The van der Waals surface area contributed by atoms with Crippen LogP contribution in [0.2, 0.25) is 5.02 Å². The third-order valence-electron chi connectivity index (χ3n) is 4.77. The molecule has 0 amide bonds. The Hall–Kier alpha value is -3.84. The van der Waals surface area contributed by atoms with Crippen LogP contribution in [0.25, 0.3) is 10.9 Å². The van der Waals surface area contributed by atoms with Gasteiger partial charge in [0, 0.05) is 23.0 Å². The van der Waals surface area contributed by atoms with Crippen LogP contribution in [0.1, 0.15) is 24.7 Å². The zero-order chi connectivity index (χ0) is 23.0. The number of hydrogen-bond acceptors (Lipinski definition) is 7. The van der Waals surface area contributed by atoms with Gasteiger partial charge in [-0.1, -0.05) is 30.7 Å². The molecule has 0 saturated heterocycles. The largest absolute Gasteiger partial charge is 0.486 e. The highest BCUT2D eigenvalue weighted by Gasteiger charge is 2.10. The van der Waals surface area contributed by atoms with Crippen LogP contribution in [0.3, 0.4) is 0 Å². The molecule has 0 fully saturated rings. The van der Waals surface area contributed by atoms with E-state index < -0.39 is 0 Å². The summed E-state index contributed by atoms with van der Waals surface area (Å²) >= 11 is 6.43. The summed E-state index contributed by atoms with van der Waals surface area (Å²) in [5.41, 5.74) is 2.89. The lowest BCUT2D eigenvalue weighted by atomic mass is 10.1. The lowest BCUT2D eigenvalue weighted by Crippen LogP contribution is -2.03. The number of allylic oxidation sites excluding steroid dienone is 2. The molecule has 0 spiro atoms. The van der Waals surface area contributed by atoms with E-state index in [1.807, 2.05) is 43.3 Å². The van der Waals surface area contributed by atoms with E-state index >= 15 is 0 Å². The van der Waals surface area contributed by atoms with Gasteiger partial charge in [-0.3, -0.25) is 14.8 Å². The summed E-state index contributed by atoms with van der Waals surface area (Å²) in [5.74, 6) is 1.16. The van der Waals surface area contributed by atoms with E-state index in [1.165, 1.54) is 6.33 Å². The van der Waals surface area contributed by atoms with Gasteiger partial charge in [0.15, 0.2) is 5.78 Å². The number of rotatable bonds is 9. The van der Waals surface area contributed by atoms with E-state index in [4.69, 9.17) is 16.3 Å². The monoisotopic (exact) mass is 459 g/mol. The average molecular weight is 460 g/mol. The van der Waals surface area contributed by atoms with Gasteiger partial charge in [-0.25, -0.2) is 9.97 Å². The molecule has 0 unspecified atom stereocenters. The molecule has 0 radical (unpaired) electrons. The van der Waals surface area contributed by atoms with Crippen molar-refractivity contribution in [3.05, 3.63) is 89.7 Å². The Labute approximate surface area is 196 Å². The fourth-order valence-corrected chi connectivity index (χ4v) is 3.39. The zero-order valence-corrected chi connectivity index (χ0v) is 18.8. The third-order valence-corrected chi connectivity index (χ3v) is 5.06. The predicted octanol–water partition coefficient (Wildman–Crippen LogP) is 5.47. The number of ketones is 1. The number of ether oxygens (including phenoxy) is 1. The molecule has 3 aromatic heterocycles. The molecule has 0 aliphatic rings. The first-order chi connectivity index (χ1) is 16.1. The number of fused-ring (bicyclic) bond motifs is 1. The number of aromatic nitrogens is 4. The first kappa shape index (κ1) is 22.4. The third kappa shape index (κ3) is 5.90. The zero-order valence-electron chi connectivity index (χ0n) is 18.0. The van der Waals surface area contributed by atoms with Gasteiger partial charge in [-0.15, -0.1) is 0 Å². The molecular formula is C25H22ClN5O2. The maximum absolute atomic E-state index is 12.1. The van der Waals surface area contributed by atoms with Gasteiger partial charge in [0.25, 0.3) is 0 Å². The topological polar surface area (TPSA) is 89.9 Å². The number of benzene rings is 1. The number of nitrogens with zero attached hydrogens (tertiary/aromatic N) is 4. The molecule has 1 aromatic carbocycles. The van der Waals surface area contributed by atoms with Gasteiger partial charge in [-0.05, 0) is 48.9 Å². The molecule has 1 N–H and O–H groups in total. The number of anilines is 2. The van der Waals surface area contributed by atoms with E-state index in [2.05, 4.69) is 25.3 Å². The molecule has 0 aliphatic heterocycles. The number of hydrogen-bond donors (Lipinski definition) is 1.